The number of nitrogens with one attached hydrogen (secondary N) is 2. The topological polar surface area (TPSA) is 113 Å². The highest BCUT2D eigenvalue weighted by Gasteiger charge is 2.26. The van der Waals surface area contributed by atoms with Gasteiger partial charge in [0.1, 0.15) is 5.82 Å². The van der Waals surface area contributed by atoms with E-state index in [9.17, 15) is 4.79 Å². The van der Waals surface area contributed by atoms with Crippen LogP contribution in [0.1, 0.15) is 34.8 Å². The van der Waals surface area contributed by atoms with Gasteiger partial charge in [-0.05, 0) is 37.1 Å². The third kappa shape index (κ3) is 3.95. The van der Waals surface area contributed by atoms with Crippen molar-refractivity contribution in [1.82, 2.24) is 9.97 Å². The molecule has 7 heteroatoms. The van der Waals surface area contributed by atoms with E-state index >= 15 is 0 Å². The fraction of sp³-hybridized carbons (Fsp3) is 0.312. The molecule has 120 valence electrons. The van der Waals surface area contributed by atoms with Crippen LogP contribution in [0.5, 0.6) is 0 Å². The number of carbonyl (C=O) groups excluding carboxylic acids is 1. The zero-order chi connectivity index (χ0) is 16.2. The number of nitrogen functional groups attached to an aromatic ring is 1. The van der Waals surface area contributed by atoms with Crippen molar-refractivity contribution in [1.29, 1.82) is 0 Å². The van der Waals surface area contributed by atoms with E-state index in [-0.39, 0.29) is 12.5 Å². The van der Waals surface area contributed by atoms with E-state index in [1.807, 2.05) is 0 Å². The van der Waals surface area contributed by atoms with Gasteiger partial charge in [-0.1, -0.05) is 0 Å². The largest absolute Gasteiger partial charge is 0.399 e. The summed E-state index contributed by atoms with van der Waals surface area (Å²) in [5.74, 6) is 1.04. The molecule has 0 spiro atoms. The van der Waals surface area contributed by atoms with Crippen LogP contribution < -0.4 is 16.4 Å². The Morgan fingerprint density at radius 1 is 1.26 bits per heavy atom. The van der Waals surface area contributed by atoms with E-state index in [1.165, 1.54) is 0 Å². The Kier molecular flexibility index (Phi) is 4.38. The molecule has 0 atom stereocenters. The van der Waals surface area contributed by atoms with E-state index in [0.717, 1.165) is 18.5 Å². The number of carbonyl (C=O) groups is 1. The van der Waals surface area contributed by atoms with Gasteiger partial charge in [-0.15, -0.1) is 0 Å². The lowest BCUT2D eigenvalue weighted by atomic mass is 10.2. The van der Waals surface area contributed by atoms with Crippen LogP contribution in [0.15, 0.2) is 30.3 Å². The molecule has 2 aromatic rings. The first kappa shape index (κ1) is 15.2. The van der Waals surface area contributed by atoms with Crippen molar-refractivity contribution in [2.24, 2.45) is 0 Å². The molecule has 0 radical (unpaired) electrons. The molecule has 0 aliphatic heterocycles. The molecule has 1 aromatic carbocycles. The Balaban J connectivity index is 1.78. The molecule has 0 saturated heterocycles. The van der Waals surface area contributed by atoms with Crippen molar-refractivity contribution < 1.29 is 9.90 Å². The van der Waals surface area contributed by atoms with Crippen molar-refractivity contribution in [3.8, 4) is 0 Å². The molecule has 5 N–H and O–H groups in total. The molecule has 1 aliphatic carbocycles. The van der Waals surface area contributed by atoms with Crippen molar-refractivity contribution in [2.45, 2.75) is 18.8 Å². The van der Waals surface area contributed by atoms with Crippen molar-refractivity contribution in [3.05, 3.63) is 41.6 Å². The number of rotatable bonds is 6. The summed E-state index contributed by atoms with van der Waals surface area (Å²) in [6.45, 7) is 0.351. The quantitative estimate of drug-likeness (QED) is 0.602. The Morgan fingerprint density at radius 3 is 2.65 bits per heavy atom. The second kappa shape index (κ2) is 6.62. The Labute approximate surface area is 134 Å². The molecule has 0 unspecified atom stereocenters. The highest BCUT2D eigenvalue weighted by Crippen LogP contribution is 2.39. The third-order valence-corrected chi connectivity index (χ3v) is 3.55. The fourth-order valence-electron chi connectivity index (χ4n) is 2.19. The minimum atomic E-state index is -0.251. The van der Waals surface area contributed by atoms with Crippen LogP contribution in [0, 0.1) is 0 Å². The van der Waals surface area contributed by atoms with E-state index in [4.69, 9.17) is 10.8 Å². The highest BCUT2D eigenvalue weighted by molar-refractivity contribution is 6.04. The van der Waals surface area contributed by atoms with Gasteiger partial charge in [0.15, 0.2) is 0 Å². The second-order valence-corrected chi connectivity index (χ2v) is 5.50. The molecule has 1 amide bonds. The lowest BCUT2D eigenvalue weighted by Crippen LogP contribution is -2.16. The van der Waals surface area contributed by atoms with Gasteiger partial charge in [-0.25, -0.2) is 4.98 Å². The van der Waals surface area contributed by atoms with Crippen LogP contribution in [0.4, 0.5) is 17.5 Å². The molecule has 1 fully saturated rings. The SMILES string of the molecule is Nc1ccc(C(=O)Nc2cc(C3CC3)nc(NCCO)n2)cc1. The minimum absolute atomic E-state index is 0.00978. The smallest absolute Gasteiger partial charge is 0.256 e. The van der Waals surface area contributed by atoms with Crippen LogP contribution in [0.25, 0.3) is 0 Å². The maximum atomic E-state index is 12.3. The van der Waals surface area contributed by atoms with E-state index < -0.39 is 0 Å². The number of benzene rings is 1. The predicted octanol–water partition coefficient (Wildman–Crippen LogP) is 1.59. The van der Waals surface area contributed by atoms with Crippen LogP contribution in [0.2, 0.25) is 0 Å². The van der Waals surface area contributed by atoms with Gasteiger partial charge in [-0.3, -0.25) is 4.79 Å². The summed E-state index contributed by atoms with van der Waals surface area (Å²) < 4.78 is 0. The Morgan fingerprint density at radius 2 is 2.00 bits per heavy atom. The van der Waals surface area contributed by atoms with E-state index in [2.05, 4.69) is 20.6 Å². The number of aromatic nitrogens is 2. The number of amides is 1. The summed E-state index contributed by atoms with van der Waals surface area (Å²) in [5, 5.41) is 14.6. The Hall–Kier alpha value is -2.67. The lowest BCUT2D eigenvalue weighted by molar-refractivity contribution is 0.102. The third-order valence-electron chi connectivity index (χ3n) is 3.55. The van der Waals surface area contributed by atoms with Gasteiger partial charge < -0.3 is 21.5 Å². The summed E-state index contributed by atoms with van der Waals surface area (Å²) in [5.41, 5.74) is 7.65. The van der Waals surface area contributed by atoms with Gasteiger partial charge >= 0.3 is 0 Å². The first-order valence-electron chi connectivity index (χ1n) is 7.56. The van der Waals surface area contributed by atoms with Crippen molar-refractivity contribution >= 4 is 23.4 Å². The highest BCUT2D eigenvalue weighted by atomic mass is 16.3. The second-order valence-electron chi connectivity index (χ2n) is 5.50. The van der Waals surface area contributed by atoms with Gasteiger partial charge in [0.2, 0.25) is 5.95 Å². The maximum absolute atomic E-state index is 12.3. The van der Waals surface area contributed by atoms with Crippen LogP contribution in [-0.2, 0) is 0 Å². The molecule has 1 saturated carbocycles. The molecule has 1 heterocycles. The summed E-state index contributed by atoms with van der Waals surface area (Å²) in [4.78, 5) is 21.0. The molecule has 1 aromatic heterocycles. The molecular formula is C16H19N5O2. The average Bonchev–Trinajstić information content (AvgIpc) is 3.38. The number of aliphatic hydroxyl groups is 1. The summed E-state index contributed by atoms with van der Waals surface area (Å²) in [7, 11) is 0. The van der Waals surface area contributed by atoms with Gasteiger partial charge in [0.25, 0.3) is 5.91 Å². The summed E-state index contributed by atoms with van der Waals surface area (Å²) in [6.07, 6.45) is 2.20. The molecule has 1 aliphatic rings. The first-order chi connectivity index (χ1) is 11.2. The van der Waals surface area contributed by atoms with Crippen LogP contribution in [-0.4, -0.2) is 34.1 Å². The average molecular weight is 313 g/mol. The number of aliphatic hydroxyl groups excluding tert-OH is 1. The van der Waals surface area contributed by atoms with Gasteiger partial charge in [0.05, 0.1) is 12.3 Å². The van der Waals surface area contributed by atoms with E-state index in [1.54, 1.807) is 30.3 Å². The van der Waals surface area contributed by atoms with Crippen molar-refractivity contribution in [2.75, 3.05) is 29.5 Å². The first-order valence-corrected chi connectivity index (χ1v) is 7.56. The molecule has 0 bridgehead atoms. The standard InChI is InChI=1S/C16H19N5O2/c17-12-5-3-11(4-6-12)15(23)20-14-9-13(10-1-2-10)19-16(21-14)18-7-8-22/h3-6,9-10,22H,1-2,7-8,17H2,(H2,18,19,20,21,23). The summed E-state index contributed by atoms with van der Waals surface area (Å²) in [6, 6.07) is 8.49. The number of nitrogens with zero attached hydrogens (tertiary/aromatic N) is 2. The number of anilines is 3. The number of hydrogen-bond acceptors (Lipinski definition) is 6. The minimum Gasteiger partial charge on any atom is -0.399 e. The lowest BCUT2D eigenvalue weighted by Gasteiger charge is -2.10. The molecule has 23 heavy (non-hydrogen) atoms. The predicted molar refractivity (Wildman–Crippen MR) is 88.4 cm³/mol. The normalized spacial score (nSPS) is 13.6. The molecular weight excluding hydrogens is 294 g/mol. The van der Waals surface area contributed by atoms with Crippen molar-refractivity contribution in [3.63, 3.8) is 0 Å². The van der Waals surface area contributed by atoms with Crippen LogP contribution in [0.3, 0.4) is 0 Å². The van der Waals surface area contributed by atoms with Gasteiger partial charge in [-0.2, -0.15) is 4.98 Å². The monoisotopic (exact) mass is 313 g/mol. The number of hydrogen-bond donors (Lipinski definition) is 4. The Bertz CT molecular complexity index is 698. The zero-order valence-electron chi connectivity index (χ0n) is 12.6. The number of nitrogens with two attached hydrogens (primary N) is 1. The molecule has 7 nitrogen and oxygen atoms in total. The molecule has 3 rings (SSSR count). The zero-order valence-corrected chi connectivity index (χ0v) is 12.6. The van der Waals surface area contributed by atoms with E-state index in [0.29, 0.717) is 35.5 Å². The maximum Gasteiger partial charge on any atom is 0.256 e. The van der Waals surface area contributed by atoms with Crippen LogP contribution >= 0.6 is 0 Å². The summed E-state index contributed by atoms with van der Waals surface area (Å²) >= 11 is 0. The fourth-order valence-corrected chi connectivity index (χ4v) is 2.19. The van der Waals surface area contributed by atoms with Gasteiger partial charge in [0, 0.05) is 29.8 Å².